The summed E-state index contributed by atoms with van der Waals surface area (Å²) in [5.74, 6) is 0.320. The molecule has 1 N–H and O–H groups in total. The molecule has 0 fully saturated rings. The van der Waals surface area contributed by atoms with Crippen LogP contribution >= 0.6 is 11.6 Å². The summed E-state index contributed by atoms with van der Waals surface area (Å²) in [5, 5.41) is 3.23. The van der Waals surface area contributed by atoms with Crippen LogP contribution < -0.4 is 14.8 Å². The van der Waals surface area contributed by atoms with Crippen molar-refractivity contribution in [2.24, 2.45) is 0 Å². The first-order chi connectivity index (χ1) is 13.6. The third-order valence-electron chi connectivity index (χ3n) is 4.09. The number of nitrogens with one attached hydrogen (secondary N) is 1. The maximum Gasteiger partial charge on any atom is 0.166 e. The second-order valence-electron chi connectivity index (χ2n) is 6.04. The summed E-state index contributed by atoms with van der Waals surface area (Å²) < 4.78 is 38.8. The first-order valence-corrected chi connectivity index (χ1v) is 9.26. The number of ether oxygens (including phenoxy) is 2. The standard InChI is InChI=1S/C22H20ClF2NO2/c1-2-27-21-9-5-7-15(13-26-17-10-11-20(25)18(23)12-17)22(21)28-14-16-6-3-4-8-19(16)24/h3-12,26H,2,13-14H2,1H3. The van der Waals surface area contributed by atoms with Gasteiger partial charge in [0.25, 0.3) is 0 Å². The van der Waals surface area contributed by atoms with Crippen LogP contribution in [0.3, 0.4) is 0 Å². The first-order valence-electron chi connectivity index (χ1n) is 8.88. The monoisotopic (exact) mass is 403 g/mol. The Labute approximate surface area is 167 Å². The summed E-state index contributed by atoms with van der Waals surface area (Å²) >= 11 is 5.83. The number of halogens is 3. The molecule has 0 aliphatic carbocycles. The van der Waals surface area contributed by atoms with Crippen molar-refractivity contribution < 1.29 is 18.3 Å². The van der Waals surface area contributed by atoms with Crippen LogP contribution in [0.4, 0.5) is 14.5 Å². The molecule has 0 unspecified atom stereocenters. The van der Waals surface area contributed by atoms with Crippen LogP contribution in [-0.4, -0.2) is 6.61 Å². The minimum Gasteiger partial charge on any atom is -0.490 e. The molecule has 28 heavy (non-hydrogen) atoms. The molecular weight excluding hydrogens is 384 g/mol. The van der Waals surface area contributed by atoms with Crippen molar-refractivity contribution in [1.82, 2.24) is 0 Å². The van der Waals surface area contributed by atoms with E-state index in [1.54, 1.807) is 30.3 Å². The first kappa shape index (κ1) is 20.0. The van der Waals surface area contributed by atoms with Crippen molar-refractivity contribution in [3.8, 4) is 11.5 Å². The lowest BCUT2D eigenvalue weighted by molar-refractivity contribution is 0.263. The van der Waals surface area contributed by atoms with Gasteiger partial charge in [-0.1, -0.05) is 41.9 Å². The van der Waals surface area contributed by atoms with Crippen LogP contribution in [0.1, 0.15) is 18.1 Å². The lowest BCUT2D eigenvalue weighted by Crippen LogP contribution is -2.07. The molecule has 0 saturated heterocycles. The second-order valence-corrected chi connectivity index (χ2v) is 6.45. The van der Waals surface area contributed by atoms with Gasteiger partial charge in [-0.05, 0) is 37.3 Å². The second kappa shape index (κ2) is 9.42. The summed E-state index contributed by atoms with van der Waals surface area (Å²) in [6, 6.07) is 16.4. The van der Waals surface area contributed by atoms with E-state index in [1.165, 1.54) is 18.2 Å². The Kier molecular flexibility index (Phi) is 6.71. The average molecular weight is 404 g/mol. The molecule has 3 aromatic rings. The molecule has 3 nitrogen and oxygen atoms in total. The van der Waals surface area contributed by atoms with Gasteiger partial charge in [0, 0.05) is 23.4 Å². The summed E-state index contributed by atoms with van der Waals surface area (Å²) in [7, 11) is 0. The van der Waals surface area contributed by atoms with Crippen molar-refractivity contribution in [3.05, 3.63) is 88.4 Å². The van der Waals surface area contributed by atoms with Crippen molar-refractivity contribution in [2.75, 3.05) is 11.9 Å². The van der Waals surface area contributed by atoms with Crippen molar-refractivity contribution in [2.45, 2.75) is 20.1 Å². The molecular formula is C22H20ClF2NO2. The summed E-state index contributed by atoms with van der Waals surface area (Å²) in [6.45, 7) is 2.83. The Balaban J connectivity index is 1.80. The van der Waals surface area contributed by atoms with E-state index in [0.29, 0.717) is 35.9 Å². The van der Waals surface area contributed by atoms with E-state index in [-0.39, 0.29) is 17.4 Å². The fourth-order valence-corrected chi connectivity index (χ4v) is 2.88. The quantitative estimate of drug-likeness (QED) is 0.485. The van der Waals surface area contributed by atoms with Gasteiger partial charge < -0.3 is 14.8 Å². The summed E-state index contributed by atoms with van der Waals surface area (Å²) in [4.78, 5) is 0. The van der Waals surface area contributed by atoms with Crippen molar-refractivity contribution in [1.29, 1.82) is 0 Å². The van der Waals surface area contributed by atoms with E-state index in [9.17, 15) is 8.78 Å². The third kappa shape index (κ3) is 4.93. The molecule has 0 radical (unpaired) electrons. The molecule has 6 heteroatoms. The van der Waals surface area contributed by atoms with Gasteiger partial charge >= 0.3 is 0 Å². The smallest absolute Gasteiger partial charge is 0.166 e. The van der Waals surface area contributed by atoms with Crippen LogP contribution in [0.15, 0.2) is 60.7 Å². The van der Waals surface area contributed by atoms with E-state index in [2.05, 4.69) is 5.32 Å². The molecule has 0 amide bonds. The van der Waals surface area contributed by atoms with Gasteiger partial charge in [0.1, 0.15) is 18.2 Å². The van der Waals surface area contributed by atoms with Crippen LogP contribution in [0, 0.1) is 11.6 Å². The Morgan fingerprint density at radius 1 is 0.893 bits per heavy atom. The molecule has 0 aliphatic heterocycles. The topological polar surface area (TPSA) is 30.5 Å². The third-order valence-corrected chi connectivity index (χ3v) is 4.38. The molecule has 0 aliphatic rings. The predicted octanol–water partition coefficient (Wildman–Crippen LogP) is 6.21. The Morgan fingerprint density at radius 2 is 1.68 bits per heavy atom. The van der Waals surface area contributed by atoms with Gasteiger partial charge in [-0.15, -0.1) is 0 Å². The molecule has 0 aromatic heterocycles. The van der Waals surface area contributed by atoms with E-state index in [0.717, 1.165) is 5.56 Å². The molecule has 3 rings (SSSR count). The van der Waals surface area contributed by atoms with Gasteiger partial charge in [0.15, 0.2) is 11.5 Å². The Hall–Kier alpha value is -2.79. The highest BCUT2D eigenvalue weighted by Crippen LogP contribution is 2.33. The van der Waals surface area contributed by atoms with Gasteiger partial charge in [0.2, 0.25) is 0 Å². The zero-order valence-corrected chi connectivity index (χ0v) is 16.1. The van der Waals surface area contributed by atoms with Crippen LogP contribution in [0.25, 0.3) is 0 Å². The minimum absolute atomic E-state index is 0.0455. The number of benzene rings is 3. The van der Waals surface area contributed by atoms with E-state index in [1.807, 2.05) is 19.1 Å². The number of anilines is 1. The van der Waals surface area contributed by atoms with Gasteiger partial charge in [-0.2, -0.15) is 0 Å². The largest absolute Gasteiger partial charge is 0.490 e. The molecule has 0 heterocycles. The molecule has 0 saturated carbocycles. The molecule has 0 spiro atoms. The summed E-state index contributed by atoms with van der Waals surface area (Å²) in [5.41, 5.74) is 1.95. The molecule has 146 valence electrons. The van der Waals surface area contributed by atoms with E-state index < -0.39 is 5.82 Å². The van der Waals surface area contributed by atoms with Crippen LogP contribution in [-0.2, 0) is 13.2 Å². The molecule has 0 atom stereocenters. The number of para-hydroxylation sites is 1. The highest BCUT2D eigenvalue weighted by Gasteiger charge is 2.13. The van der Waals surface area contributed by atoms with Crippen LogP contribution in [0.2, 0.25) is 5.02 Å². The molecule has 0 bridgehead atoms. The van der Waals surface area contributed by atoms with Crippen molar-refractivity contribution >= 4 is 17.3 Å². The Bertz CT molecular complexity index is 950. The van der Waals surface area contributed by atoms with Gasteiger partial charge in [0.05, 0.1) is 11.6 Å². The summed E-state index contributed by atoms with van der Waals surface area (Å²) in [6.07, 6.45) is 0. The average Bonchev–Trinajstić information content (AvgIpc) is 2.69. The van der Waals surface area contributed by atoms with Gasteiger partial charge in [-0.25, -0.2) is 8.78 Å². The maximum absolute atomic E-state index is 13.9. The zero-order valence-electron chi connectivity index (χ0n) is 15.3. The molecule has 3 aromatic carbocycles. The lowest BCUT2D eigenvalue weighted by Gasteiger charge is -2.17. The normalized spacial score (nSPS) is 10.6. The maximum atomic E-state index is 13.9. The van der Waals surface area contributed by atoms with Gasteiger partial charge in [-0.3, -0.25) is 0 Å². The highest BCUT2D eigenvalue weighted by molar-refractivity contribution is 6.31. The SMILES string of the molecule is CCOc1cccc(CNc2ccc(F)c(Cl)c2)c1OCc1ccccc1F. The number of hydrogen-bond acceptors (Lipinski definition) is 3. The Morgan fingerprint density at radius 3 is 2.43 bits per heavy atom. The highest BCUT2D eigenvalue weighted by atomic mass is 35.5. The van der Waals surface area contributed by atoms with Crippen molar-refractivity contribution in [3.63, 3.8) is 0 Å². The minimum atomic E-state index is -0.473. The van der Waals surface area contributed by atoms with Crippen LogP contribution in [0.5, 0.6) is 11.5 Å². The fraction of sp³-hybridized carbons (Fsp3) is 0.182. The van der Waals surface area contributed by atoms with E-state index >= 15 is 0 Å². The fourth-order valence-electron chi connectivity index (χ4n) is 2.70. The zero-order chi connectivity index (χ0) is 19.9. The predicted molar refractivity (Wildman–Crippen MR) is 107 cm³/mol. The van der Waals surface area contributed by atoms with E-state index in [4.69, 9.17) is 21.1 Å². The lowest BCUT2D eigenvalue weighted by atomic mass is 10.1. The number of hydrogen-bond donors (Lipinski definition) is 1. The number of rotatable bonds is 8.